The Morgan fingerprint density at radius 1 is 0.811 bits per heavy atom. The highest BCUT2D eigenvalue weighted by molar-refractivity contribution is 7.98. The van der Waals surface area contributed by atoms with Crippen LogP contribution < -0.4 is 44.6 Å². The maximum Gasteiger partial charge on any atom is 0.326 e. The third kappa shape index (κ3) is 15.2. The highest BCUT2D eigenvalue weighted by Gasteiger charge is 2.31. The lowest BCUT2D eigenvalue weighted by Crippen LogP contribution is -2.57. The van der Waals surface area contributed by atoms with E-state index in [-0.39, 0.29) is 44.6 Å². The minimum Gasteiger partial charge on any atom is -0.480 e. The van der Waals surface area contributed by atoms with Crippen LogP contribution in [-0.4, -0.2) is 89.3 Å². The Morgan fingerprint density at radius 3 is 1.89 bits per heavy atom. The number of amides is 5. The molecule has 0 aromatic rings. The van der Waals surface area contributed by atoms with Gasteiger partial charge in [0.2, 0.25) is 29.5 Å². The monoisotopic (exact) mass is 547 g/mol. The Kier molecular flexibility index (Phi) is 16.0. The predicted octanol–water partition coefficient (Wildman–Crippen LogP) is -4.20. The maximum absolute atomic E-state index is 13.0. The van der Waals surface area contributed by atoms with Gasteiger partial charge in [0.05, 0.1) is 12.5 Å². The maximum atomic E-state index is 13.0. The fourth-order valence-corrected chi connectivity index (χ4v) is 3.40. The van der Waals surface area contributed by atoms with Crippen LogP contribution in [0.4, 0.5) is 0 Å². The van der Waals surface area contributed by atoms with Gasteiger partial charge in [0.1, 0.15) is 18.1 Å². The smallest absolute Gasteiger partial charge is 0.326 e. The standard InChI is InChI=1S/C20H37N9O7S/c1-37-8-6-12(19(35)36)28-18(34)13(9-15(23)31)29-17(33)11(3-2-7-26-20(24)25)27-16(32)10(21)4-5-14(22)30/h10-13H,2-9,21H2,1H3,(H2,22,30)(H2,23,31)(H,27,32)(H,28,34)(H,29,33)(H,35,36)(H4,24,25,26). The number of rotatable bonds is 19. The SMILES string of the molecule is CSCCC(NC(=O)C(CC(N)=O)NC(=O)C(CCCN=C(N)N)NC(=O)C(N)CCC(N)=O)C(=O)O. The lowest BCUT2D eigenvalue weighted by molar-refractivity contribution is -0.142. The molecule has 0 fully saturated rings. The van der Waals surface area contributed by atoms with E-state index in [9.17, 15) is 33.9 Å². The minimum atomic E-state index is -1.51. The zero-order valence-electron chi connectivity index (χ0n) is 20.6. The first-order valence-electron chi connectivity index (χ1n) is 11.3. The number of aliphatic carboxylic acids is 1. The summed E-state index contributed by atoms with van der Waals surface area (Å²) in [5.41, 5.74) is 26.6. The zero-order valence-corrected chi connectivity index (χ0v) is 21.4. The molecule has 0 spiro atoms. The summed E-state index contributed by atoms with van der Waals surface area (Å²) in [7, 11) is 0. The van der Waals surface area contributed by atoms with Crippen molar-refractivity contribution in [1.82, 2.24) is 16.0 Å². The van der Waals surface area contributed by atoms with E-state index >= 15 is 0 Å². The molecule has 17 heteroatoms. The molecule has 16 nitrogen and oxygen atoms in total. The molecule has 0 heterocycles. The normalized spacial score (nSPS) is 13.8. The van der Waals surface area contributed by atoms with Crippen LogP contribution in [0.15, 0.2) is 4.99 Å². The lowest BCUT2D eigenvalue weighted by atomic mass is 10.1. The van der Waals surface area contributed by atoms with Gasteiger partial charge < -0.3 is 49.7 Å². The average molecular weight is 548 g/mol. The van der Waals surface area contributed by atoms with Crippen molar-refractivity contribution in [2.75, 3.05) is 18.6 Å². The number of nitrogens with two attached hydrogens (primary N) is 5. The van der Waals surface area contributed by atoms with Crippen LogP contribution in [0.1, 0.15) is 38.5 Å². The molecule has 5 amide bonds. The van der Waals surface area contributed by atoms with E-state index in [1.807, 2.05) is 0 Å². The highest BCUT2D eigenvalue weighted by Crippen LogP contribution is 2.05. The summed E-state index contributed by atoms with van der Waals surface area (Å²) >= 11 is 1.37. The summed E-state index contributed by atoms with van der Waals surface area (Å²) in [5, 5.41) is 16.4. The number of hydrogen-bond donors (Lipinski definition) is 9. The van der Waals surface area contributed by atoms with E-state index in [0.29, 0.717) is 5.75 Å². The highest BCUT2D eigenvalue weighted by atomic mass is 32.2. The van der Waals surface area contributed by atoms with E-state index in [0.717, 1.165) is 0 Å². The molecular formula is C20H37N9O7S. The molecule has 4 unspecified atom stereocenters. The van der Waals surface area contributed by atoms with Crippen LogP contribution in [0.25, 0.3) is 0 Å². The summed E-state index contributed by atoms with van der Waals surface area (Å²) in [6.07, 6.45) is 1.26. The Labute approximate surface area is 218 Å². The molecule has 0 aliphatic heterocycles. The number of guanidine groups is 1. The first kappa shape index (κ1) is 33.4. The fourth-order valence-electron chi connectivity index (χ4n) is 2.93. The number of carboxylic acid groups (broad SMARTS) is 1. The van der Waals surface area contributed by atoms with Gasteiger partial charge in [-0.1, -0.05) is 0 Å². The molecule has 0 aromatic carbocycles. The van der Waals surface area contributed by atoms with Crippen molar-refractivity contribution in [3.63, 3.8) is 0 Å². The van der Waals surface area contributed by atoms with Crippen LogP contribution in [0.3, 0.4) is 0 Å². The number of nitrogens with zero attached hydrogens (tertiary/aromatic N) is 1. The summed E-state index contributed by atoms with van der Waals surface area (Å²) < 4.78 is 0. The second-order valence-corrected chi connectivity index (χ2v) is 9.02. The third-order valence-corrected chi connectivity index (χ3v) is 5.52. The molecule has 0 aromatic heterocycles. The Balaban J connectivity index is 5.60. The summed E-state index contributed by atoms with van der Waals surface area (Å²) in [4.78, 5) is 76.0. The number of aliphatic imine (C=N–C) groups is 1. The molecule has 0 bridgehead atoms. The van der Waals surface area contributed by atoms with Gasteiger partial charge in [0, 0.05) is 13.0 Å². The van der Waals surface area contributed by atoms with E-state index in [2.05, 4.69) is 20.9 Å². The van der Waals surface area contributed by atoms with Crippen molar-refractivity contribution < 1.29 is 33.9 Å². The van der Waals surface area contributed by atoms with Crippen LogP contribution in [0, 0.1) is 0 Å². The number of hydrogen-bond acceptors (Lipinski definition) is 9. The fraction of sp³-hybridized carbons (Fsp3) is 0.650. The number of thioether (sulfide) groups is 1. The number of nitrogens with one attached hydrogen (secondary N) is 3. The first-order chi connectivity index (χ1) is 17.3. The summed E-state index contributed by atoms with van der Waals surface area (Å²) in [6.45, 7) is 0.122. The van der Waals surface area contributed by atoms with Gasteiger partial charge in [-0.2, -0.15) is 11.8 Å². The largest absolute Gasteiger partial charge is 0.480 e. The molecule has 210 valence electrons. The Hall–Kier alpha value is -3.60. The molecule has 0 rings (SSSR count). The van der Waals surface area contributed by atoms with Gasteiger partial charge in [-0.25, -0.2) is 4.79 Å². The second-order valence-electron chi connectivity index (χ2n) is 8.03. The molecule has 0 radical (unpaired) electrons. The van der Waals surface area contributed by atoms with E-state index < -0.39 is 66.1 Å². The molecule has 0 saturated heterocycles. The number of carbonyl (C=O) groups excluding carboxylic acids is 5. The second kappa shape index (κ2) is 17.8. The molecule has 0 aliphatic carbocycles. The van der Waals surface area contributed by atoms with Gasteiger partial charge in [0.25, 0.3) is 0 Å². The van der Waals surface area contributed by atoms with Crippen LogP contribution in [0.2, 0.25) is 0 Å². The van der Waals surface area contributed by atoms with Crippen LogP contribution in [0.5, 0.6) is 0 Å². The third-order valence-electron chi connectivity index (χ3n) is 4.88. The van der Waals surface area contributed by atoms with Gasteiger partial charge in [-0.05, 0) is 37.7 Å². The lowest BCUT2D eigenvalue weighted by Gasteiger charge is -2.24. The topological polar surface area (TPSA) is 301 Å². The Morgan fingerprint density at radius 2 is 1.38 bits per heavy atom. The number of carbonyl (C=O) groups is 6. The molecular weight excluding hydrogens is 510 g/mol. The van der Waals surface area contributed by atoms with Crippen molar-refractivity contribution in [2.45, 2.75) is 62.7 Å². The van der Waals surface area contributed by atoms with Gasteiger partial charge in [-0.15, -0.1) is 0 Å². The molecule has 4 atom stereocenters. The predicted molar refractivity (Wildman–Crippen MR) is 137 cm³/mol. The molecule has 37 heavy (non-hydrogen) atoms. The van der Waals surface area contributed by atoms with Gasteiger partial charge >= 0.3 is 5.97 Å². The van der Waals surface area contributed by atoms with Crippen molar-refractivity contribution in [1.29, 1.82) is 0 Å². The molecule has 0 aliphatic rings. The Bertz CT molecular complexity index is 852. The quantitative estimate of drug-likeness (QED) is 0.0424. The van der Waals surface area contributed by atoms with Crippen molar-refractivity contribution in [2.24, 2.45) is 33.7 Å². The van der Waals surface area contributed by atoms with Crippen molar-refractivity contribution in [3.8, 4) is 0 Å². The number of carboxylic acids is 1. The number of primary amides is 2. The van der Waals surface area contributed by atoms with E-state index in [4.69, 9.17) is 28.7 Å². The minimum absolute atomic E-state index is 0.00722. The molecule has 0 saturated carbocycles. The summed E-state index contributed by atoms with van der Waals surface area (Å²) in [6, 6.07) is -5.17. The van der Waals surface area contributed by atoms with Crippen LogP contribution in [-0.2, 0) is 28.8 Å². The van der Waals surface area contributed by atoms with Gasteiger partial charge in [-0.3, -0.25) is 29.0 Å². The van der Waals surface area contributed by atoms with Crippen molar-refractivity contribution >= 4 is 53.2 Å². The van der Waals surface area contributed by atoms with Gasteiger partial charge in [0.15, 0.2) is 5.96 Å². The van der Waals surface area contributed by atoms with E-state index in [1.165, 1.54) is 11.8 Å². The summed E-state index contributed by atoms with van der Waals surface area (Å²) in [5.74, 6) is -5.19. The average Bonchev–Trinajstić information content (AvgIpc) is 2.80. The molecule has 14 N–H and O–H groups in total. The first-order valence-corrected chi connectivity index (χ1v) is 12.7. The van der Waals surface area contributed by atoms with Crippen molar-refractivity contribution in [3.05, 3.63) is 0 Å². The van der Waals surface area contributed by atoms with E-state index in [1.54, 1.807) is 6.26 Å². The van der Waals surface area contributed by atoms with Crippen LogP contribution >= 0.6 is 11.8 Å². The zero-order chi connectivity index (χ0) is 28.5.